The monoisotopic (exact) mass is 271 g/mol. The molecule has 0 spiro atoms. The molecular formula is C16H21N3O. The summed E-state index contributed by atoms with van der Waals surface area (Å²) in [6.07, 6.45) is 4.80. The number of aromatic nitrogens is 1. The van der Waals surface area contributed by atoms with E-state index in [9.17, 15) is 4.79 Å². The molecule has 4 heteroatoms. The number of benzene rings is 1. The van der Waals surface area contributed by atoms with E-state index in [4.69, 9.17) is 5.73 Å². The van der Waals surface area contributed by atoms with Crippen molar-refractivity contribution < 1.29 is 4.79 Å². The molecule has 1 heterocycles. The molecular weight excluding hydrogens is 250 g/mol. The quantitative estimate of drug-likeness (QED) is 0.874. The third-order valence-corrected chi connectivity index (χ3v) is 4.04. The van der Waals surface area contributed by atoms with Crippen LogP contribution in [-0.4, -0.2) is 34.4 Å². The number of rotatable bonds is 5. The topological polar surface area (TPSA) is 62.1 Å². The lowest BCUT2D eigenvalue weighted by Gasteiger charge is -2.24. The molecule has 1 aromatic carbocycles. The second kappa shape index (κ2) is 5.29. The Morgan fingerprint density at radius 2 is 2.20 bits per heavy atom. The number of hydrogen-bond acceptors (Lipinski definition) is 2. The third kappa shape index (κ3) is 2.43. The molecule has 20 heavy (non-hydrogen) atoms. The van der Waals surface area contributed by atoms with E-state index >= 15 is 0 Å². The van der Waals surface area contributed by atoms with Crippen LogP contribution in [0.1, 0.15) is 25.3 Å². The predicted molar refractivity (Wildman–Crippen MR) is 80.4 cm³/mol. The van der Waals surface area contributed by atoms with Gasteiger partial charge in [-0.3, -0.25) is 4.79 Å². The number of hydrogen-bond donors (Lipinski definition) is 2. The van der Waals surface area contributed by atoms with Gasteiger partial charge in [0.1, 0.15) is 0 Å². The fourth-order valence-corrected chi connectivity index (χ4v) is 2.82. The smallest absolute Gasteiger partial charge is 0.240 e. The first-order chi connectivity index (χ1) is 9.70. The van der Waals surface area contributed by atoms with Crippen LogP contribution in [0.4, 0.5) is 0 Å². The number of nitrogens with zero attached hydrogens (tertiary/aromatic N) is 1. The Labute approximate surface area is 118 Å². The molecule has 1 aliphatic rings. The number of carbonyl (C=O) groups excluding carboxylic acids is 1. The van der Waals surface area contributed by atoms with Gasteiger partial charge in [-0.1, -0.05) is 18.2 Å². The minimum atomic E-state index is -0.449. The van der Waals surface area contributed by atoms with Crippen molar-refractivity contribution in [2.75, 3.05) is 6.54 Å². The van der Waals surface area contributed by atoms with Crippen molar-refractivity contribution >= 4 is 16.8 Å². The molecule has 1 saturated carbocycles. The number of H-pyrrole nitrogens is 1. The van der Waals surface area contributed by atoms with Crippen LogP contribution in [0.25, 0.3) is 10.9 Å². The van der Waals surface area contributed by atoms with Crippen LogP contribution in [0.3, 0.4) is 0 Å². The molecule has 0 saturated heterocycles. The molecule has 1 atom stereocenters. The van der Waals surface area contributed by atoms with E-state index in [0.717, 1.165) is 35.9 Å². The summed E-state index contributed by atoms with van der Waals surface area (Å²) in [5.41, 5.74) is 8.35. The van der Waals surface area contributed by atoms with Gasteiger partial charge in [-0.15, -0.1) is 0 Å². The maximum absolute atomic E-state index is 12.4. The Morgan fingerprint density at radius 1 is 1.45 bits per heavy atom. The third-order valence-electron chi connectivity index (χ3n) is 4.04. The molecule has 1 fully saturated rings. The van der Waals surface area contributed by atoms with Gasteiger partial charge in [-0.2, -0.15) is 0 Å². The molecule has 0 radical (unpaired) electrons. The highest BCUT2D eigenvalue weighted by molar-refractivity contribution is 5.86. The summed E-state index contributed by atoms with van der Waals surface area (Å²) in [5, 5.41) is 1.16. The molecule has 4 nitrogen and oxygen atoms in total. The second-order valence-corrected chi connectivity index (χ2v) is 5.53. The molecule has 0 unspecified atom stereocenters. The molecule has 1 aliphatic carbocycles. The van der Waals surface area contributed by atoms with Crippen molar-refractivity contribution in [1.29, 1.82) is 0 Å². The van der Waals surface area contributed by atoms with Gasteiger partial charge in [0.05, 0.1) is 6.04 Å². The van der Waals surface area contributed by atoms with E-state index in [1.807, 2.05) is 36.2 Å². The van der Waals surface area contributed by atoms with Crippen LogP contribution < -0.4 is 5.73 Å². The molecule has 1 amide bonds. The maximum atomic E-state index is 12.4. The fraction of sp³-hybridized carbons (Fsp3) is 0.438. The highest BCUT2D eigenvalue weighted by atomic mass is 16.2. The van der Waals surface area contributed by atoms with Crippen molar-refractivity contribution in [3.05, 3.63) is 36.0 Å². The van der Waals surface area contributed by atoms with E-state index in [1.54, 1.807) is 0 Å². The van der Waals surface area contributed by atoms with Crippen LogP contribution in [0, 0.1) is 0 Å². The van der Waals surface area contributed by atoms with Crippen LogP contribution >= 0.6 is 0 Å². The summed E-state index contributed by atoms with van der Waals surface area (Å²) in [5.74, 6) is 0.0836. The Balaban J connectivity index is 1.74. The van der Waals surface area contributed by atoms with Gasteiger partial charge in [0, 0.05) is 29.7 Å². The van der Waals surface area contributed by atoms with Crippen molar-refractivity contribution in [3.63, 3.8) is 0 Å². The average molecular weight is 271 g/mol. The highest BCUT2D eigenvalue weighted by Crippen LogP contribution is 2.27. The summed E-state index contributed by atoms with van der Waals surface area (Å²) in [6.45, 7) is 2.78. The van der Waals surface area contributed by atoms with Gasteiger partial charge in [0.25, 0.3) is 0 Å². The molecule has 0 bridgehead atoms. The number of para-hydroxylation sites is 1. The largest absolute Gasteiger partial charge is 0.361 e. The highest BCUT2D eigenvalue weighted by Gasteiger charge is 2.33. The molecule has 0 aliphatic heterocycles. The lowest BCUT2D eigenvalue weighted by molar-refractivity contribution is -0.132. The number of carbonyl (C=O) groups is 1. The number of amides is 1. The summed E-state index contributed by atoms with van der Waals surface area (Å²) in [7, 11) is 0. The van der Waals surface area contributed by atoms with Crippen LogP contribution in [0.2, 0.25) is 0 Å². The second-order valence-electron chi connectivity index (χ2n) is 5.53. The minimum Gasteiger partial charge on any atom is -0.361 e. The van der Waals surface area contributed by atoms with Gasteiger partial charge in [0.15, 0.2) is 0 Å². The normalized spacial score (nSPS) is 16.3. The molecule has 1 aromatic heterocycles. The molecule has 3 rings (SSSR count). The first-order valence-corrected chi connectivity index (χ1v) is 7.31. The zero-order valence-corrected chi connectivity index (χ0v) is 11.8. The lowest BCUT2D eigenvalue weighted by Crippen LogP contribution is -2.45. The van der Waals surface area contributed by atoms with Crippen LogP contribution in [-0.2, 0) is 11.2 Å². The maximum Gasteiger partial charge on any atom is 0.240 e. The van der Waals surface area contributed by atoms with Crippen molar-refractivity contribution in [2.24, 2.45) is 5.73 Å². The number of likely N-dealkylation sites (N-methyl/N-ethyl adjacent to an activating group) is 1. The zero-order chi connectivity index (χ0) is 14.1. The van der Waals surface area contributed by atoms with E-state index in [-0.39, 0.29) is 5.91 Å². The lowest BCUT2D eigenvalue weighted by atomic mass is 10.0. The van der Waals surface area contributed by atoms with Gasteiger partial charge >= 0.3 is 0 Å². The minimum absolute atomic E-state index is 0.0836. The van der Waals surface area contributed by atoms with Gasteiger partial charge < -0.3 is 15.6 Å². The predicted octanol–water partition coefficient (Wildman–Crippen LogP) is 2.05. The van der Waals surface area contributed by atoms with Crippen LogP contribution in [0.5, 0.6) is 0 Å². The van der Waals surface area contributed by atoms with E-state index in [1.165, 1.54) is 0 Å². The van der Waals surface area contributed by atoms with Gasteiger partial charge in [0.2, 0.25) is 5.91 Å². The molecule has 106 valence electrons. The Hall–Kier alpha value is -1.81. The number of fused-ring (bicyclic) bond motifs is 1. The number of nitrogens with two attached hydrogens (primary N) is 1. The van der Waals surface area contributed by atoms with Gasteiger partial charge in [-0.05, 0) is 37.8 Å². The zero-order valence-electron chi connectivity index (χ0n) is 11.8. The first kappa shape index (κ1) is 13.2. The Morgan fingerprint density at radius 3 is 2.90 bits per heavy atom. The number of nitrogens with one attached hydrogen (secondary N) is 1. The van der Waals surface area contributed by atoms with E-state index < -0.39 is 6.04 Å². The Bertz CT molecular complexity index is 615. The average Bonchev–Trinajstić information content (AvgIpc) is 3.22. The fourth-order valence-electron chi connectivity index (χ4n) is 2.82. The summed E-state index contributed by atoms with van der Waals surface area (Å²) >= 11 is 0. The number of aromatic amines is 1. The standard InChI is InChI=1S/C16H21N3O/c1-2-19(12-7-8-12)16(20)14(17)9-11-10-18-15-6-4-3-5-13(11)15/h3-6,10,12,14,18H,2,7-9,17H2,1H3/t14-/m1/s1. The van der Waals surface area contributed by atoms with E-state index in [2.05, 4.69) is 11.1 Å². The van der Waals surface area contributed by atoms with Crippen LogP contribution in [0.15, 0.2) is 30.5 Å². The summed E-state index contributed by atoms with van der Waals surface area (Å²) in [4.78, 5) is 17.6. The molecule has 2 aromatic rings. The summed E-state index contributed by atoms with van der Waals surface area (Å²) < 4.78 is 0. The summed E-state index contributed by atoms with van der Waals surface area (Å²) in [6, 6.07) is 8.09. The van der Waals surface area contributed by atoms with Crippen molar-refractivity contribution in [2.45, 2.75) is 38.3 Å². The van der Waals surface area contributed by atoms with Crippen molar-refractivity contribution in [1.82, 2.24) is 9.88 Å². The molecule has 3 N–H and O–H groups in total. The Kier molecular flexibility index (Phi) is 3.49. The first-order valence-electron chi connectivity index (χ1n) is 7.31. The SMILES string of the molecule is CCN(C(=O)[C@H](N)Cc1c[nH]c2ccccc12)C1CC1. The van der Waals surface area contributed by atoms with E-state index in [0.29, 0.717) is 12.5 Å². The van der Waals surface area contributed by atoms with Crippen molar-refractivity contribution in [3.8, 4) is 0 Å². The van der Waals surface area contributed by atoms with Gasteiger partial charge in [-0.25, -0.2) is 0 Å².